The van der Waals surface area contributed by atoms with Crippen molar-refractivity contribution in [3.05, 3.63) is 34.3 Å². The fourth-order valence-electron chi connectivity index (χ4n) is 1.04. The fraction of sp³-hybridized carbons (Fsp3) is 0.333. The summed E-state index contributed by atoms with van der Waals surface area (Å²) in [6.07, 6.45) is 0. The van der Waals surface area contributed by atoms with Gasteiger partial charge in [-0.2, -0.15) is 0 Å². The van der Waals surface area contributed by atoms with Gasteiger partial charge >= 0.3 is 0 Å². The molecule has 0 bridgehead atoms. The molecule has 1 aromatic rings. The molecule has 0 aliphatic carbocycles. The number of nitrogens with two attached hydrogens (primary N) is 1. The number of benzene rings is 1. The second-order valence-electron chi connectivity index (χ2n) is 2.95. The van der Waals surface area contributed by atoms with E-state index in [1.165, 1.54) is 12.1 Å². The Bertz CT molecular complexity index is 319. The van der Waals surface area contributed by atoms with E-state index >= 15 is 0 Å². The number of hydrogen-bond acceptors (Lipinski definition) is 2. The van der Waals surface area contributed by atoms with Gasteiger partial charge in [-0.05, 0) is 17.7 Å². The number of rotatable bonds is 3. The molecule has 2 nitrogen and oxygen atoms in total. The van der Waals surface area contributed by atoms with Crippen molar-refractivity contribution >= 4 is 15.9 Å². The Morgan fingerprint density at radius 3 is 2.64 bits per heavy atom. The summed E-state index contributed by atoms with van der Waals surface area (Å²) in [6, 6.07) is 4.86. The van der Waals surface area contributed by atoms with E-state index in [0.29, 0.717) is 10.0 Å². The largest absolute Gasteiger partial charge is 0.390 e. The second kappa shape index (κ2) is 4.33. The number of aliphatic hydroxyl groups is 1. The lowest BCUT2D eigenvalue weighted by molar-refractivity contribution is -0.0711. The highest BCUT2D eigenvalue weighted by Crippen LogP contribution is 2.29. The van der Waals surface area contributed by atoms with Crippen LogP contribution in [0.25, 0.3) is 0 Å². The van der Waals surface area contributed by atoms with Gasteiger partial charge in [-0.25, -0.2) is 8.78 Å². The van der Waals surface area contributed by atoms with Gasteiger partial charge in [-0.15, -0.1) is 0 Å². The summed E-state index contributed by atoms with van der Waals surface area (Å²) in [7, 11) is 0. The molecule has 0 amide bonds. The molecule has 0 spiro atoms. The van der Waals surface area contributed by atoms with E-state index in [9.17, 15) is 8.78 Å². The zero-order chi connectivity index (χ0) is 10.8. The molecule has 0 aliphatic heterocycles. The quantitative estimate of drug-likeness (QED) is 0.879. The molecule has 1 rings (SSSR count). The Hall–Kier alpha value is -0.520. The molecule has 3 N–H and O–H groups in total. The van der Waals surface area contributed by atoms with E-state index in [2.05, 4.69) is 15.9 Å². The van der Waals surface area contributed by atoms with Crippen molar-refractivity contribution in [3.63, 3.8) is 0 Å². The molecule has 0 fully saturated rings. The van der Waals surface area contributed by atoms with Crippen LogP contribution < -0.4 is 5.73 Å². The first kappa shape index (κ1) is 11.6. The van der Waals surface area contributed by atoms with Gasteiger partial charge in [0.1, 0.15) is 6.61 Å². The third-order valence-corrected chi connectivity index (χ3v) is 2.37. The predicted molar refractivity (Wildman–Crippen MR) is 53.1 cm³/mol. The smallest absolute Gasteiger partial charge is 0.289 e. The lowest BCUT2D eigenvalue weighted by Crippen LogP contribution is -2.36. The monoisotopic (exact) mass is 265 g/mol. The average Bonchev–Trinajstić information content (AvgIpc) is 2.16. The normalized spacial score (nSPS) is 14.1. The third-order valence-electron chi connectivity index (χ3n) is 1.87. The summed E-state index contributed by atoms with van der Waals surface area (Å²) < 4.78 is 26.6. The molecule has 0 aliphatic rings. The van der Waals surface area contributed by atoms with Crippen LogP contribution in [0, 0.1) is 0 Å². The number of aliphatic hydroxyl groups excluding tert-OH is 1. The van der Waals surface area contributed by atoms with Crippen molar-refractivity contribution < 1.29 is 13.9 Å². The van der Waals surface area contributed by atoms with Crippen molar-refractivity contribution in [2.75, 3.05) is 6.61 Å². The molecule has 78 valence electrons. The molecule has 0 radical (unpaired) electrons. The SMILES string of the molecule is N[C@@H](c1cccc(Br)c1)C(F)(F)CO. The summed E-state index contributed by atoms with van der Waals surface area (Å²) in [4.78, 5) is 0. The highest BCUT2D eigenvalue weighted by molar-refractivity contribution is 9.10. The first-order valence-electron chi connectivity index (χ1n) is 3.97. The van der Waals surface area contributed by atoms with Crippen molar-refractivity contribution in [1.82, 2.24) is 0 Å². The molecule has 1 atom stereocenters. The van der Waals surface area contributed by atoms with Crippen LogP contribution in [0.3, 0.4) is 0 Å². The second-order valence-corrected chi connectivity index (χ2v) is 3.87. The van der Waals surface area contributed by atoms with Crippen molar-refractivity contribution in [2.24, 2.45) is 5.73 Å². The van der Waals surface area contributed by atoms with E-state index in [1.807, 2.05) is 0 Å². The molecule has 0 heterocycles. The van der Waals surface area contributed by atoms with Crippen LogP contribution in [0.4, 0.5) is 8.78 Å². The Morgan fingerprint density at radius 2 is 2.14 bits per heavy atom. The van der Waals surface area contributed by atoms with Gasteiger partial charge in [-0.3, -0.25) is 0 Å². The summed E-state index contributed by atoms with van der Waals surface area (Å²) in [5.41, 5.74) is 5.61. The van der Waals surface area contributed by atoms with Crippen LogP contribution >= 0.6 is 15.9 Å². The molecule has 1 aromatic carbocycles. The number of halogens is 3. The average molecular weight is 266 g/mol. The lowest BCUT2D eigenvalue weighted by atomic mass is 10.0. The maximum Gasteiger partial charge on any atom is 0.289 e. The van der Waals surface area contributed by atoms with Crippen LogP contribution in [-0.4, -0.2) is 17.6 Å². The van der Waals surface area contributed by atoms with E-state index in [4.69, 9.17) is 10.8 Å². The Labute approximate surface area is 88.9 Å². The summed E-state index contributed by atoms with van der Waals surface area (Å²) >= 11 is 3.16. The summed E-state index contributed by atoms with van der Waals surface area (Å²) in [5, 5.41) is 8.45. The van der Waals surface area contributed by atoms with Crippen LogP contribution in [0.2, 0.25) is 0 Å². The van der Waals surface area contributed by atoms with Crippen molar-refractivity contribution in [2.45, 2.75) is 12.0 Å². The number of hydrogen-bond donors (Lipinski definition) is 2. The first-order valence-corrected chi connectivity index (χ1v) is 4.76. The molecule has 0 saturated carbocycles. The van der Waals surface area contributed by atoms with Crippen LogP contribution in [-0.2, 0) is 0 Å². The van der Waals surface area contributed by atoms with Gasteiger partial charge in [0.15, 0.2) is 0 Å². The topological polar surface area (TPSA) is 46.2 Å². The maximum atomic E-state index is 13.0. The van der Waals surface area contributed by atoms with E-state index < -0.39 is 18.6 Å². The third kappa shape index (κ3) is 2.50. The van der Waals surface area contributed by atoms with Crippen LogP contribution in [0.15, 0.2) is 28.7 Å². The summed E-state index contributed by atoms with van der Waals surface area (Å²) in [6.45, 7) is -1.25. The Balaban J connectivity index is 2.94. The van der Waals surface area contributed by atoms with Gasteiger partial charge in [0.25, 0.3) is 5.92 Å². The van der Waals surface area contributed by atoms with E-state index in [-0.39, 0.29) is 0 Å². The van der Waals surface area contributed by atoms with E-state index in [1.54, 1.807) is 12.1 Å². The number of alkyl halides is 2. The van der Waals surface area contributed by atoms with Gasteiger partial charge in [-0.1, -0.05) is 28.1 Å². The summed E-state index contributed by atoms with van der Waals surface area (Å²) in [5.74, 6) is -3.29. The molecular formula is C9H10BrF2NO. The van der Waals surface area contributed by atoms with Crippen LogP contribution in [0.5, 0.6) is 0 Å². The lowest BCUT2D eigenvalue weighted by Gasteiger charge is -2.21. The minimum atomic E-state index is -3.29. The molecular weight excluding hydrogens is 256 g/mol. The zero-order valence-electron chi connectivity index (χ0n) is 7.25. The van der Waals surface area contributed by atoms with Crippen molar-refractivity contribution in [3.8, 4) is 0 Å². The Kier molecular flexibility index (Phi) is 3.58. The zero-order valence-corrected chi connectivity index (χ0v) is 8.84. The van der Waals surface area contributed by atoms with Gasteiger partial charge in [0.2, 0.25) is 0 Å². The van der Waals surface area contributed by atoms with Gasteiger partial charge in [0.05, 0.1) is 6.04 Å². The highest BCUT2D eigenvalue weighted by Gasteiger charge is 2.37. The van der Waals surface area contributed by atoms with Crippen molar-refractivity contribution in [1.29, 1.82) is 0 Å². The first-order chi connectivity index (χ1) is 6.47. The minimum Gasteiger partial charge on any atom is -0.390 e. The molecule has 0 unspecified atom stereocenters. The molecule has 14 heavy (non-hydrogen) atoms. The molecule has 5 heteroatoms. The minimum absolute atomic E-state index is 0.290. The Morgan fingerprint density at radius 1 is 1.50 bits per heavy atom. The molecule has 0 saturated heterocycles. The standard InChI is InChI=1S/C9H10BrF2NO/c10-7-3-1-2-6(4-7)8(13)9(11,12)5-14/h1-4,8,14H,5,13H2/t8-/m0/s1. The highest BCUT2D eigenvalue weighted by atomic mass is 79.9. The predicted octanol–water partition coefficient (Wildman–Crippen LogP) is 2.08. The fourth-order valence-corrected chi connectivity index (χ4v) is 1.46. The maximum absolute atomic E-state index is 13.0. The van der Waals surface area contributed by atoms with Crippen LogP contribution in [0.1, 0.15) is 11.6 Å². The van der Waals surface area contributed by atoms with E-state index in [0.717, 1.165) is 0 Å². The van der Waals surface area contributed by atoms with Gasteiger partial charge in [0, 0.05) is 4.47 Å². The molecule has 0 aromatic heterocycles. The van der Waals surface area contributed by atoms with Gasteiger partial charge < -0.3 is 10.8 Å².